The van der Waals surface area contributed by atoms with Crippen LogP contribution in [0.2, 0.25) is 0 Å². The average Bonchev–Trinajstić information content (AvgIpc) is 2.94. The molecule has 0 aromatic heterocycles. The van der Waals surface area contributed by atoms with Crippen molar-refractivity contribution in [2.24, 2.45) is 23.3 Å². The van der Waals surface area contributed by atoms with Gasteiger partial charge in [-0.3, -0.25) is 0 Å². The van der Waals surface area contributed by atoms with E-state index in [1.165, 1.54) is 34.2 Å². The highest BCUT2D eigenvalue weighted by molar-refractivity contribution is 5.27. The third-order valence-corrected chi connectivity index (χ3v) is 6.52. The first-order chi connectivity index (χ1) is 20.7. The van der Waals surface area contributed by atoms with E-state index in [0.29, 0.717) is 17.4 Å². The first-order valence-corrected chi connectivity index (χ1v) is 15.9. The van der Waals surface area contributed by atoms with Crippen LogP contribution in [-0.2, 0) is 25.7 Å². The van der Waals surface area contributed by atoms with Gasteiger partial charge in [-0.1, -0.05) is 112 Å². The minimum atomic E-state index is 0.180. The van der Waals surface area contributed by atoms with Crippen molar-refractivity contribution < 1.29 is 10.2 Å². The normalized spacial score (nSPS) is 11.7. The number of rotatable bonds is 8. The molecule has 44 heavy (non-hydrogen) atoms. The number of aryl methyl sites for hydroxylation is 2. The molecule has 0 fully saturated rings. The van der Waals surface area contributed by atoms with E-state index in [1.807, 2.05) is 38.1 Å². The number of phenolic OH excluding ortho intramolecular Hbond substituents is 2. The summed E-state index contributed by atoms with van der Waals surface area (Å²) in [5, 5.41) is 18.0. The van der Waals surface area contributed by atoms with Gasteiger partial charge in [-0.25, -0.2) is 0 Å². The minimum absolute atomic E-state index is 0.180. The van der Waals surface area contributed by atoms with Crippen molar-refractivity contribution in [1.82, 2.24) is 0 Å². The molecular formula is C40H58N2O2. The number of hydrogen-bond donors (Lipinski definition) is 4. The third-order valence-electron chi connectivity index (χ3n) is 6.52. The van der Waals surface area contributed by atoms with Crippen LogP contribution in [0.4, 0.5) is 0 Å². The molecule has 4 heteroatoms. The molecule has 6 N–H and O–H groups in total. The second-order valence-electron chi connectivity index (χ2n) is 12.9. The summed E-state index contributed by atoms with van der Waals surface area (Å²) in [6.45, 7) is 17.1. The fraction of sp³-hybridized carbons (Fsp3) is 0.400. The average molecular weight is 599 g/mol. The summed E-state index contributed by atoms with van der Waals surface area (Å²) in [4.78, 5) is 0. The highest BCUT2D eigenvalue weighted by Crippen LogP contribution is 2.13. The molecule has 0 saturated heterocycles. The van der Waals surface area contributed by atoms with Crippen LogP contribution in [0.1, 0.15) is 74.9 Å². The van der Waals surface area contributed by atoms with Crippen molar-refractivity contribution in [2.75, 3.05) is 0 Å². The molecule has 0 bridgehead atoms. The van der Waals surface area contributed by atoms with Gasteiger partial charge in [0.05, 0.1) is 0 Å². The fourth-order valence-electron chi connectivity index (χ4n) is 4.40. The van der Waals surface area contributed by atoms with Crippen molar-refractivity contribution in [2.45, 2.75) is 93.2 Å². The lowest BCUT2D eigenvalue weighted by Gasteiger charge is -2.04. The number of phenols is 2. The molecule has 0 unspecified atom stereocenters. The molecule has 4 nitrogen and oxygen atoms in total. The van der Waals surface area contributed by atoms with E-state index in [-0.39, 0.29) is 12.1 Å². The second-order valence-corrected chi connectivity index (χ2v) is 12.9. The molecule has 0 heterocycles. The summed E-state index contributed by atoms with van der Waals surface area (Å²) in [6, 6.07) is 32.3. The lowest BCUT2D eigenvalue weighted by molar-refractivity contribution is 0.474. The van der Waals surface area contributed by atoms with Crippen molar-refractivity contribution in [3.8, 4) is 11.5 Å². The van der Waals surface area contributed by atoms with Gasteiger partial charge in [-0.15, -0.1) is 0 Å². The molecule has 4 aromatic rings. The van der Waals surface area contributed by atoms with Gasteiger partial charge in [0.25, 0.3) is 0 Å². The van der Waals surface area contributed by atoms with Crippen molar-refractivity contribution in [3.63, 3.8) is 0 Å². The maximum absolute atomic E-state index is 8.99. The number of hydrogen-bond acceptors (Lipinski definition) is 4. The Morgan fingerprint density at radius 1 is 0.409 bits per heavy atom. The predicted octanol–water partition coefficient (Wildman–Crippen LogP) is 8.95. The highest BCUT2D eigenvalue weighted by Gasteiger charge is 1.98. The molecule has 0 aliphatic carbocycles. The standard InChI is InChI=1S/C11H16.C10H15N.C10H14O.C9H13NO/c1-9(2)8-11-6-4-10(3)5-7-11;1-8-3-5-10(6-4-8)7-9(2)11;1-8(2)7-9-3-5-10(11)6-4-9;1-7(10)6-8-2-4-9(11)5-3-8/h4-7,9H,8H2,1-3H3;3-6,9H,7,11H2,1-2H3;3-6,8,11H,7H2,1-2H3;2-5,7,11H,6,10H2,1H3/t;9-;;7-/m.1.1/s1. The second kappa shape index (κ2) is 21.2. The summed E-state index contributed by atoms with van der Waals surface area (Å²) < 4.78 is 0. The van der Waals surface area contributed by atoms with Crippen LogP contribution in [0, 0.1) is 25.7 Å². The van der Waals surface area contributed by atoms with E-state index < -0.39 is 0 Å². The zero-order valence-corrected chi connectivity index (χ0v) is 28.4. The van der Waals surface area contributed by atoms with Crippen molar-refractivity contribution >= 4 is 0 Å². The Morgan fingerprint density at radius 2 is 0.636 bits per heavy atom. The summed E-state index contributed by atoms with van der Waals surface area (Å²) in [5.41, 5.74) is 19.1. The highest BCUT2D eigenvalue weighted by atomic mass is 16.3. The summed E-state index contributed by atoms with van der Waals surface area (Å²) in [6.07, 6.45) is 4.11. The van der Waals surface area contributed by atoms with Crippen molar-refractivity contribution in [1.29, 1.82) is 0 Å². The number of nitrogens with two attached hydrogens (primary N) is 2. The van der Waals surface area contributed by atoms with E-state index in [9.17, 15) is 0 Å². The van der Waals surface area contributed by atoms with Gasteiger partial charge in [0.1, 0.15) is 11.5 Å². The van der Waals surface area contributed by atoms with Crippen LogP contribution in [0.5, 0.6) is 11.5 Å². The molecule has 0 spiro atoms. The molecule has 0 radical (unpaired) electrons. The minimum Gasteiger partial charge on any atom is -0.508 e. The number of aromatic hydroxyl groups is 2. The topological polar surface area (TPSA) is 92.5 Å². The molecule has 4 aromatic carbocycles. The van der Waals surface area contributed by atoms with Gasteiger partial charge in [0.2, 0.25) is 0 Å². The molecule has 0 aliphatic heterocycles. The van der Waals surface area contributed by atoms with Gasteiger partial charge in [-0.2, -0.15) is 0 Å². The van der Waals surface area contributed by atoms with Crippen LogP contribution in [-0.4, -0.2) is 22.3 Å². The third kappa shape index (κ3) is 19.6. The quantitative estimate of drug-likeness (QED) is 0.163. The van der Waals surface area contributed by atoms with Crippen molar-refractivity contribution in [3.05, 3.63) is 130 Å². The van der Waals surface area contributed by atoms with E-state index in [4.69, 9.17) is 21.7 Å². The first kappa shape index (κ1) is 38.4. The molecule has 240 valence electrons. The first-order valence-electron chi connectivity index (χ1n) is 15.9. The summed E-state index contributed by atoms with van der Waals surface area (Å²) in [7, 11) is 0. The zero-order chi connectivity index (χ0) is 33.1. The maximum atomic E-state index is 8.99. The van der Waals surface area contributed by atoms with Gasteiger partial charge in [0, 0.05) is 12.1 Å². The van der Waals surface area contributed by atoms with Gasteiger partial charge in [0.15, 0.2) is 0 Å². The molecule has 2 atom stereocenters. The molecule has 0 aliphatic rings. The van der Waals surface area contributed by atoms with Crippen LogP contribution >= 0.6 is 0 Å². The van der Waals surface area contributed by atoms with Gasteiger partial charge in [-0.05, 0) is 112 Å². The van der Waals surface area contributed by atoms with E-state index in [0.717, 1.165) is 30.7 Å². The van der Waals surface area contributed by atoms with Crippen LogP contribution in [0.15, 0.2) is 97.1 Å². The Hall–Kier alpha value is -3.60. The zero-order valence-electron chi connectivity index (χ0n) is 28.4. The van der Waals surface area contributed by atoms with Crippen LogP contribution < -0.4 is 11.5 Å². The van der Waals surface area contributed by atoms with Crippen LogP contribution in [0.25, 0.3) is 0 Å². The molecule has 4 rings (SSSR count). The summed E-state index contributed by atoms with van der Waals surface area (Å²) in [5.74, 6) is 2.09. The lowest BCUT2D eigenvalue weighted by Crippen LogP contribution is -2.17. The lowest BCUT2D eigenvalue weighted by atomic mass is 10.0. The van der Waals surface area contributed by atoms with E-state index in [2.05, 4.69) is 90.1 Å². The number of benzene rings is 4. The largest absolute Gasteiger partial charge is 0.508 e. The Morgan fingerprint density at radius 3 is 0.864 bits per heavy atom. The molecule has 0 saturated carbocycles. The smallest absolute Gasteiger partial charge is 0.115 e. The Labute approximate surface area is 268 Å². The monoisotopic (exact) mass is 598 g/mol. The summed E-state index contributed by atoms with van der Waals surface area (Å²) >= 11 is 0. The Kier molecular flexibility index (Phi) is 18.5. The fourth-order valence-corrected chi connectivity index (χ4v) is 4.40. The SMILES string of the molecule is CC(C)Cc1ccc(O)cc1.C[C@@H](N)Cc1ccc(O)cc1.Cc1ccc(CC(C)C)cc1.Cc1ccc(C[C@@H](C)N)cc1. The molecular weight excluding hydrogens is 540 g/mol. The van der Waals surface area contributed by atoms with E-state index >= 15 is 0 Å². The van der Waals surface area contributed by atoms with E-state index in [1.54, 1.807) is 24.3 Å². The Balaban J connectivity index is 0.000000293. The molecule has 0 amide bonds. The Bertz CT molecular complexity index is 1050. The van der Waals surface area contributed by atoms with Crippen LogP contribution in [0.3, 0.4) is 0 Å². The van der Waals surface area contributed by atoms with Gasteiger partial charge >= 0.3 is 0 Å². The maximum Gasteiger partial charge on any atom is 0.115 e. The van der Waals surface area contributed by atoms with Gasteiger partial charge < -0.3 is 21.7 Å². The predicted molar refractivity (Wildman–Crippen MR) is 190 cm³/mol.